The lowest BCUT2D eigenvalue weighted by Gasteiger charge is -2.26. The molecule has 4 heteroatoms. The topological polar surface area (TPSA) is 49.4 Å². The molecule has 0 radical (unpaired) electrons. The number of rotatable bonds is 6. The lowest BCUT2D eigenvalue weighted by Crippen LogP contribution is -2.38. The Bertz CT molecular complexity index is 792. The summed E-state index contributed by atoms with van der Waals surface area (Å²) in [5.41, 5.74) is 1.11. The molecule has 2 aromatic carbocycles. The minimum Gasteiger partial charge on any atom is -0.349 e. The molecule has 2 unspecified atom stereocenters. The third-order valence-electron chi connectivity index (χ3n) is 5.56. The van der Waals surface area contributed by atoms with E-state index >= 15 is 0 Å². The maximum atomic E-state index is 12.8. The molecule has 0 spiro atoms. The summed E-state index contributed by atoms with van der Waals surface area (Å²) in [6, 6.07) is 14.5. The fourth-order valence-electron chi connectivity index (χ4n) is 4.03. The van der Waals surface area contributed by atoms with Crippen molar-refractivity contribution in [1.82, 2.24) is 10.2 Å². The Balaban J connectivity index is 1.71. The Kier molecular flexibility index (Phi) is 5.60. The first-order valence-corrected chi connectivity index (χ1v) is 9.62. The Labute approximate surface area is 155 Å². The van der Waals surface area contributed by atoms with Gasteiger partial charge in [0.1, 0.15) is 0 Å². The minimum atomic E-state index is -0.250. The van der Waals surface area contributed by atoms with Crippen LogP contribution in [0.15, 0.2) is 42.5 Å². The first-order valence-electron chi connectivity index (χ1n) is 9.62. The van der Waals surface area contributed by atoms with Gasteiger partial charge in [-0.2, -0.15) is 0 Å². The molecule has 0 aliphatic carbocycles. The van der Waals surface area contributed by atoms with Crippen molar-refractivity contribution in [2.45, 2.75) is 52.1 Å². The summed E-state index contributed by atoms with van der Waals surface area (Å²) in [6.07, 6.45) is 2.19. The van der Waals surface area contributed by atoms with Crippen LogP contribution in [0.1, 0.15) is 51.6 Å². The summed E-state index contributed by atoms with van der Waals surface area (Å²) in [6.45, 7) is 6.74. The van der Waals surface area contributed by atoms with Gasteiger partial charge in [-0.1, -0.05) is 56.3 Å². The average Bonchev–Trinajstić information content (AvgIpc) is 3.04. The lowest BCUT2D eigenvalue weighted by molar-refractivity contribution is -0.130. The molecule has 4 nitrogen and oxygen atoms in total. The van der Waals surface area contributed by atoms with Crippen molar-refractivity contribution < 1.29 is 9.59 Å². The number of fused-ring (bicyclic) bond motifs is 1. The molecule has 3 rings (SSSR count). The minimum absolute atomic E-state index is 0.0211. The van der Waals surface area contributed by atoms with Gasteiger partial charge in [0.15, 0.2) is 0 Å². The van der Waals surface area contributed by atoms with Gasteiger partial charge < -0.3 is 10.2 Å². The lowest BCUT2D eigenvalue weighted by atomic mass is 9.99. The third-order valence-corrected chi connectivity index (χ3v) is 5.56. The van der Waals surface area contributed by atoms with Gasteiger partial charge in [-0.05, 0) is 36.1 Å². The molecule has 26 heavy (non-hydrogen) atoms. The predicted octanol–water partition coefficient (Wildman–Crippen LogP) is 4.05. The molecule has 0 bridgehead atoms. The number of nitrogens with one attached hydrogen (secondary N) is 1. The predicted molar refractivity (Wildman–Crippen MR) is 105 cm³/mol. The smallest absolute Gasteiger partial charge is 0.225 e. The maximum Gasteiger partial charge on any atom is 0.225 e. The second kappa shape index (κ2) is 7.90. The zero-order chi connectivity index (χ0) is 18.7. The van der Waals surface area contributed by atoms with Crippen molar-refractivity contribution in [3.05, 3.63) is 48.0 Å². The van der Waals surface area contributed by atoms with Crippen LogP contribution >= 0.6 is 0 Å². The van der Waals surface area contributed by atoms with Crippen LogP contribution in [0.3, 0.4) is 0 Å². The van der Waals surface area contributed by atoms with Gasteiger partial charge in [-0.15, -0.1) is 0 Å². The number of benzene rings is 2. The van der Waals surface area contributed by atoms with Crippen molar-refractivity contribution in [2.75, 3.05) is 6.54 Å². The van der Waals surface area contributed by atoms with E-state index in [4.69, 9.17) is 0 Å². The number of likely N-dealkylation sites (tertiary alicyclic amines) is 1. The zero-order valence-corrected chi connectivity index (χ0v) is 15.9. The number of carbonyl (C=O) groups is 2. The van der Waals surface area contributed by atoms with Gasteiger partial charge in [0.25, 0.3) is 0 Å². The van der Waals surface area contributed by atoms with Gasteiger partial charge in [0.05, 0.1) is 12.0 Å². The Morgan fingerprint density at radius 3 is 2.58 bits per heavy atom. The zero-order valence-electron chi connectivity index (χ0n) is 15.9. The molecule has 1 fully saturated rings. The molecule has 1 heterocycles. The van der Waals surface area contributed by atoms with Crippen molar-refractivity contribution in [2.24, 2.45) is 5.92 Å². The van der Waals surface area contributed by atoms with Crippen LogP contribution in [0.4, 0.5) is 0 Å². The normalized spacial score (nSPS) is 18.5. The van der Waals surface area contributed by atoms with Crippen LogP contribution in [0.5, 0.6) is 0 Å². The highest BCUT2D eigenvalue weighted by Crippen LogP contribution is 2.26. The van der Waals surface area contributed by atoms with E-state index < -0.39 is 0 Å². The Morgan fingerprint density at radius 2 is 1.85 bits per heavy atom. The molecule has 0 saturated carbocycles. The van der Waals surface area contributed by atoms with E-state index in [-0.39, 0.29) is 29.8 Å². The van der Waals surface area contributed by atoms with E-state index in [1.54, 1.807) is 0 Å². The summed E-state index contributed by atoms with van der Waals surface area (Å²) in [4.78, 5) is 27.0. The van der Waals surface area contributed by atoms with Crippen molar-refractivity contribution in [1.29, 1.82) is 0 Å². The number of nitrogens with zero attached hydrogens (tertiary/aromatic N) is 1. The molecule has 2 aromatic rings. The SMILES string of the molecule is CCC(CC)N1CC(C(=O)NC(C)c2cccc3ccccc23)CC1=O. The van der Waals surface area contributed by atoms with E-state index in [0.29, 0.717) is 13.0 Å². The summed E-state index contributed by atoms with van der Waals surface area (Å²) in [5.74, 6) is -0.163. The number of amides is 2. The highest BCUT2D eigenvalue weighted by Gasteiger charge is 2.37. The fourth-order valence-corrected chi connectivity index (χ4v) is 4.03. The van der Waals surface area contributed by atoms with Crippen LogP contribution in [-0.2, 0) is 9.59 Å². The van der Waals surface area contributed by atoms with E-state index in [1.165, 1.54) is 5.39 Å². The van der Waals surface area contributed by atoms with Crippen LogP contribution in [0.2, 0.25) is 0 Å². The molecule has 2 atom stereocenters. The standard InChI is InChI=1S/C22H28N2O2/c1-4-18(5-2)24-14-17(13-21(24)25)22(26)23-15(3)19-12-8-10-16-9-6-7-11-20(16)19/h6-12,15,17-18H,4-5,13-14H2,1-3H3,(H,23,26). The van der Waals surface area contributed by atoms with Crippen molar-refractivity contribution in [3.8, 4) is 0 Å². The Morgan fingerprint density at radius 1 is 1.15 bits per heavy atom. The molecular weight excluding hydrogens is 324 g/mol. The Hall–Kier alpha value is -2.36. The molecule has 2 amide bonds. The summed E-state index contributed by atoms with van der Waals surface area (Å²) < 4.78 is 0. The first-order chi connectivity index (χ1) is 12.5. The molecular formula is C22H28N2O2. The van der Waals surface area contributed by atoms with Gasteiger partial charge in [0, 0.05) is 19.0 Å². The molecule has 1 aliphatic rings. The van der Waals surface area contributed by atoms with Crippen LogP contribution in [-0.4, -0.2) is 29.3 Å². The highest BCUT2D eigenvalue weighted by molar-refractivity contribution is 5.90. The monoisotopic (exact) mass is 352 g/mol. The highest BCUT2D eigenvalue weighted by atomic mass is 16.2. The molecule has 1 saturated heterocycles. The number of hydrogen-bond donors (Lipinski definition) is 1. The van der Waals surface area contributed by atoms with E-state index in [9.17, 15) is 9.59 Å². The van der Waals surface area contributed by atoms with Crippen molar-refractivity contribution in [3.63, 3.8) is 0 Å². The number of carbonyl (C=O) groups excluding carboxylic acids is 2. The second-order valence-corrected chi connectivity index (χ2v) is 7.22. The second-order valence-electron chi connectivity index (χ2n) is 7.22. The van der Waals surface area contributed by atoms with Gasteiger partial charge in [-0.25, -0.2) is 0 Å². The van der Waals surface area contributed by atoms with Gasteiger partial charge >= 0.3 is 0 Å². The van der Waals surface area contributed by atoms with Gasteiger partial charge in [-0.3, -0.25) is 9.59 Å². The fraction of sp³-hybridized carbons (Fsp3) is 0.455. The largest absolute Gasteiger partial charge is 0.349 e. The van der Waals surface area contributed by atoms with E-state index in [0.717, 1.165) is 23.8 Å². The van der Waals surface area contributed by atoms with E-state index in [2.05, 4.69) is 43.4 Å². The molecule has 1 N–H and O–H groups in total. The summed E-state index contributed by atoms with van der Waals surface area (Å²) in [5, 5.41) is 5.45. The van der Waals surface area contributed by atoms with Crippen LogP contribution < -0.4 is 5.32 Å². The summed E-state index contributed by atoms with van der Waals surface area (Å²) in [7, 11) is 0. The average molecular weight is 352 g/mol. The number of hydrogen-bond acceptors (Lipinski definition) is 2. The maximum absolute atomic E-state index is 12.8. The van der Waals surface area contributed by atoms with E-state index in [1.807, 2.05) is 30.0 Å². The quantitative estimate of drug-likeness (QED) is 0.852. The van der Waals surface area contributed by atoms with Crippen LogP contribution in [0, 0.1) is 5.92 Å². The molecule has 0 aromatic heterocycles. The van der Waals surface area contributed by atoms with Gasteiger partial charge in [0.2, 0.25) is 11.8 Å². The third kappa shape index (κ3) is 3.59. The summed E-state index contributed by atoms with van der Waals surface area (Å²) >= 11 is 0. The van der Waals surface area contributed by atoms with Crippen LogP contribution in [0.25, 0.3) is 10.8 Å². The molecule has 1 aliphatic heterocycles. The molecule has 138 valence electrons. The first kappa shape index (κ1) is 18.4. The van der Waals surface area contributed by atoms with Crippen molar-refractivity contribution >= 4 is 22.6 Å².